The molecule has 7 nitrogen and oxygen atoms in total. The third-order valence-electron chi connectivity index (χ3n) is 3.37. The van der Waals surface area contributed by atoms with Crippen LogP contribution in [0.15, 0.2) is 41.3 Å². The minimum Gasteiger partial charge on any atom is -0.512 e. The van der Waals surface area contributed by atoms with Crippen molar-refractivity contribution in [1.82, 2.24) is 14.5 Å². The number of aryl methyl sites for hydroxylation is 1. The summed E-state index contributed by atoms with van der Waals surface area (Å²) in [5, 5.41) is 17.5. The number of benzene rings is 1. The minimum absolute atomic E-state index is 0.208. The molecule has 0 aliphatic heterocycles. The number of rotatable bonds is 4. The van der Waals surface area contributed by atoms with Gasteiger partial charge in [-0.3, -0.25) is 4.79 Å². The summed E-state index contributed by atoms with van der Waals surface area (Å²) in [6.45, 7) is 2.40. The number of imidazole rings is 1. The number of nitrogens with zero attached hydrogens (tertiary/aromatic N) is 2. The van der Waals surface area contributed by atoms with E-state index < -0.39 is 7.32 Å². The first kappa shape index (κ1) is 14.4. The maximum atomic E-state index is 11.7. The fraction of sp³-hybridized carbons (Fsp3) is 0.143. The fourth-order valence-corrected chi connectivity index (χ4v) is 2.36. The molecule has 0 saturated carbocycles. The van der Waals surface area contributed by atoms with Gasteiger partial charge in [-0.05, 0) is 30.7 Å². The van der Waals surface area contributed by atoms with Gasteiger partial charge < -0.3 is 24.3 Å². The molecule has 0 aliphatic carbocycles. The SMILES string of the molecule is Cc1nc2c(=O)[nH]ccc2n1Cc1ccc(OB(O)O)cc1. The number of hydrogen-bond acceptors (Lipinski definition) is 5. The first-order valence-corrected chi connectivity index (χ1v) is 6.71. The van der Waals surface area contributed by atoms with Gasteiger partial charge >= 0.3 is 7.32 Å². The molecule has 0 radical (unpaired) electrons. The Labute approximate surface area is 126 Å². The Balaban J connectivity index is 1.92. The average molecular weight is 299 g/mol. The monoisotopic (exact) mass is 299 g/mol. The van der Waals surface area contributed by atoms with Crippen molar-refractivity contribution in [2.45, 2.75) is 13.5 Å². The van der Waals surface area contributed by atoms with Crippen LogP contribution in [0, 0.1) is 6.92 Å². The third-order valence-corrected chi connectivity index (χ3v) is 3.37. The Morgan fingerprint density at radius 2 is 2.00 bits per heavy atom. The van der Waals surface area contributed by atoms with Gasteiger partial charge in [-0.1, -0.05) is 12.1 Å². The van der Waals surface area contributed by atoms with Crippen molar-refractivity contribution in [2.75, 3.05) is 0 Å². The highest BCUT2D eigenvalue weighted by molar-refractivity contribution is 6.33. The highest BCUT2D eigenvalue weighted by Gasteiger charge is 2.12. The molecule has 0 spiro atoms. The molecule has 3 aromatic rings. The molecule has 22 heavy (non-hydrogen) atoms. The van der Waals surface area contributed by atoms with Crippen LogP contribution in [-0.2, 0) is 6.54 Å². The fourth-order valence-electron chi connectivity index (χ4n) is 2.36. The van der Waals surface area contributed by atoms with Crippen LogP contribution in [0.25, 0.3) is 11.0 Å². The number of aromatic amines is 1. The lowest BCUT2D eigenvalue weighted by Gasteiger charge is -2.09. The van der Waals surface area contributed by atoms with Crippen molar-refractivity contribution in [3.63, 3.8) is 0 Å². The average Bonchev–Trinajstić information content (AvgIpc) is 2.79. The van der Waals surface area contributed by atoms with Crippen LogP contribution < -0.4 is 10.2 Å². The van der Waals surface area contributed by atoms with E-state index in [0.29, 0.717) is 17.8 Å². The molecule has 1 aromatic carbocycles. The minimum atomic E-state index is -1.84. The van der Waals surface area contributed by atoms with Crippen molar-refractivity contribution in [2.24, 2.45) is 0 Å². The molecule has 3 N–H and O–H groups in total. The molecule has 0 bridgehead atoms. The Kier molecular flexibility index (Phi) is 3.70. The van der Waals surface area contributed by atoms with Crippen LogP contribution >= 0.6 is 0 Å². The van der Waals surface area contributed by atoms with Gasteiger partial charge in [0.25, 0.3) is 5.56 Å². The molecule has 0 fully saturated rings. The lowest BCUT2D eigenvalue weighted by atomic mass is 10.2. The zero-order valence-electron chi connectivity index (χ0n) is 11.9. The van der Waals surface area contributed by atoms with Crippen molar-refractivity contribution >= 4 is 18.4 Å². The van der Waals surface area contributed by atoms with E-state index in [0.717, 1.165) is 16.9 Å². The highest BCUT2D eigenvalue weighted by Crippen LogP contribution is 2.17. The van der Waals surface area contributed by atoms with Gasteiger partial charge in [0.05, 0.1) is 5.52 Å². The first-order valence-electron chi connectivity index (χ1n) is 6.71. The maximum absolute atomic E-state index is 11.7. The third kappa shape index (κ3) is 2.74. The Hall–Kier alpha value is -2.58. The van der Waals surface area contributed by atoms with Crippen molar-refractivity contribution in [3.05, 3.63) is 58.3 Å². The summed E-state index contributed by atoms with van der Waals surface area (Å²) in [7, 11) is -1.84. The van der Waals surface area contributed by atoms with E-state index in [1.54, 1.807) is 18.3 Å². The molecular formula is C14H14BN3O4. The van der Waals surface area contributed by atoms with E-state index in [9.17, 15) is 4.79 Å². The van der Waals surface area contributed by atoms with Crippen LogP contribution in [0.3, 0.4) is 0 Å². The number of hydrogen-bond donors (Lipinski definition) is 3. The highest BCUT2D eigenvalue weighted by atomic mass is 16.6. The Morgan fingerprint density at radius 1 is 1.27 bits per heavy atom. The van der Waals surface area contributed by atoms with E-state index in [-0.39, 0.29) is 5.56 Å². The van der Waals surface area contributed by atoms with Gasteiger partial charge in [-0.15, -0.1) is 0 Å². The summed E-state index contributed by atoms with van der Waals surface area (Å²) in [5.74, 6) is 1.11. The predicted molar refractivity (Wildman–Crippen MR) is 81.5 cm³/mol. The second kappa shape index (κ2) is 5.66. The molecule has 0 unspecified atom stereocenters. The van der Waals surface area contributed by atoms with E-state index in [1.165, 1.54) is 0 Å². The smallest absolute Gasteiger partial charge is 0.512 e. The molecule has 3 rings (SSSR count). The molecule has 8 heteroatoms. The lowest BCUT2D eigenvalue weighted by Crippen LogP contribution is -2.20. The molecule has 0 saturated heterocycles. The molecule has 0 amide bonds. The number of fused-ring (bicyclic) bond motifs is 1. The topological polar surface area (TPSA) is 100 Å². The van der Waals surface area contributed by atoms with Crippen LogP contribution in [0.1, 0.15) is 11.4 Å². The number of pyridine rings is 1. The van der Waals surface area contributed by atoms with Gasteiger partial charge in [-0.2, -0.15) is 0 Å². The summed E-state index contributed by atoms with van der Waals surface area (Å²) in [6.07, 6.45) is 1.60. The maximum Gasteiger partial charge on any atom is 0.707 e. The molecular weight excluding hydrogens is 285 g/mol. The van der Waals surface area contributed by atoms with E-state index >= 15 is 0 Å². The van der Waals surface area contributed by atoms with E-state index in [4.69, 9.17) is 14.7 Å². The first-order chi connectivity index (χ1) is 10.5. The summed E-state index contributed by atoms with van der Waals surface area (Å²) in [5.41, 5.74) is 1.96. The number of H-pyrrole nitrogens is 1. The van der Waals surface area contributed by atoms with Crippen molar-refractivity contribution in [1.29, 1.82) is 0 Å². The predicted octanol–water partition coefficient (Wildman–Crippen LogP) is 0.430. The molecule has 0 atom stereocenters. The quantitative estimate of drug-likeness (QED) is 0.607. The zero-order valence-corrected chi connectivity index (χ0v) is 11.9. The second-order valence-corrected chi connectivity index (χ2v) is 4.87. The Morgan fingerprint density at radius 3 is 2.68 bits per heavy atom. The summed E-state index contributed by atoms with van der Waals surface area (Å²) < 4.78 is 6.71. The molecule has 0 aliphatic rings. The van der Waals surface area contributed by atoms with Crippen molar-refractivity contribution in [3.8, 4) is 5.75 Å². The molecule has 2 heterocycles. The van der Waals surface area contributed by atoms with E-state index in [2.05, 4.69) is 9.97 Å². The van der Waals surface area contributed by atoms with Gasteiger partial charge in [0.2, 0.25) is 0 Å². The van der Waals surface area contributed by atoms with Gasteiger partial charge in [-0.25, -0.2) is 4.98 Å². The van der Waals surface area contributed by atoms with Crippen LogP contribution in [0.5, 0.6) is 5.75 Å². The van der Waals surface area contributed by atoms with Gasteiger partial charge in [0, 0.05) is 12.7 Å². The summed E-state index contributed by atoms with van der Waals surface area (Å²) in [4.78, 5) is 18.7. The van der Waals surface area contributed by atoms with Crippen LogP contribution in [-0.4, -0.2) is 31.9 Å². The zero-order chi connectivity index (χ0) is 15.7. The molecule has 2 aromatic heterocycles. The number of nitrogens with one attached hydrogen (secondary N) is 1. The van der Waals surface area contributed by atoms with Crippen LogP contribution in [0.4, 0.5) is 0 Å². The summed E-state index contributed by atoms with van der Waals surface area (Å²) in [6, 6.07) is 8.74. The number of aromatic nitrogens is 3. The normalized spacial score (nSPS) is 10.9. The second-order valence-electron chi connectivity index (χ2n) is 4.87. The van der Waals surface area contributed by atoms with Gasteiger partial charge in [0.15, 0.2) is 5.52 Å². The van der Waals surface area contributed by atoms with E-state index in [1.807, 2.05) is 29.7 Å². The molecule has 112 valence electrons. The lowest BCUT2D eigenvalue weighted by molar-refractivity contribution is 0.288. The standard InChI is InChI=1S/C14H14BN3O4/c1-9-17-13-12(6-7-16-14(13)19)18(9)8-10-2-4-11(5-3-10)22-15(20)21/h2-7,20-21H,8H2,1H3,(H,16,19). The Bertz CT molecular complexity index is 855. The summed E-state index contributed by atoms with van der Waals surface area (Å²) >= 11 is 0. The largest absolute Gasteiger partial charge is 0.707 e. The van der Waals surface area contributed by atoms with Crippen molar-refractivity contribution < 1.29 is 14.7 Å². The van der Waals surface area contributed by atoms with Gasteiger partial charge in [0.1, 0.15) is 11.6 Å². The van der Waals surface area contributed by atoms with Crippen LogP contribution in [0.2, 0.25) is 0 Å².